The molecule has 0 aliphatic rings. The van der Waals surface area contributed by atoms with Crippen molar-refractivity contribution in [2.45, 2.75) is 10.6 Å². The van der Waals surface area contributed by atoms with Gasteiger partial charge in [0.25, 0.3) is 0 Å². The molecule has 2 rings (SSSR count). The van der Waals surface area contributed by atoms with Gasteiger partial charge in [-0.25, -0.2) is 4.39 Å². The van der Waals surface area contributed by atoms with E-state index in [4.69, 9.17) is 0 Å². The van der Waals surface area contributed by atoms with E-state index in [0.717, 1.165) is 15.1 Å². The first-order valence-corrected chi connectivity index (χ1v) is 7.01. The molecule has 1 heterocycles. The molecule has 0 aliphatic carbocycles. The Morgan fingerprint density at radius 3 is 2.60 bits per heavy atom. The van der Waals surface area contributed by atoms with Crippen molar-refractivity contribution in [1.29, 1.82) is 0 Å². The Bertz CT molecular complexity index is 436. The van der Waals surface area contributed by atoms with Crippen LogP contribution >= 0.6 is 39.0 Å². The maximum Gasteiger partial charge on any atom is 0.123 e. The predicted octanol–water partition coefficient (Wildman–Crippen LogP) is 4.94. The molecule has 1 aromatic carbocycles. The zero-order chi connectivity index (χ0) is 10.7. The van der Waals surface area contributed by atoms with E-state index in [1.807, 2.05) is 12.1 Å². The van der Waals surface area contributed by atoms with Gasteiger partial charge in [-0.05, 0) is 46.3 Å². The molecule has 0 saturated heterocycles. The molecular weight excluding hydrogens is 295 g/mol. The van der Waals surface area contributed by atoms with Crippen LogP contribution < -0.4 is 0 Å². The molecule has 0 saturated carbocycles. The Morgan fingerprint density at radius 1 is 1.27 bits per heavy atom. The van der Waals surface area contributed by atoms with E-state index in [0.29, 0.717) is 0 Å². The van der Waals surface area contributed by atoms with Gasteiger partial charge in [0.1, 0.15) is 5.82 Å². The smallest absolute Gasteiger partial charge is 0.123 e. The topological polar surface area (TPSA) is 0 Å². The van der Waals surface area contributed by atoms with Crippen molar-refractivity contribution in [2.75, 3.05) is 0 Å². The second-order valence-electron chi connectivity index (χ2n) is 2.97. The first-order chi connectivity index (χ1) is 7.24. The Kier molecular flexibility index (Phi) is 3.83. The molecule has 0 bridgehead atoms. The van der Waals surface area contributed by atoms with Gasteiger partial charge < -0.3 is 0 Å². The standard InChI is InChI=1S/C11H8BrFS2/c12-8-5-11(14-6-8)7-15-10-3-1-9(13)2-4-10/h1-6H,7H2. The zero-order valence-electron chi connectivity index (χ0n) is 7.74. The lowest BCUT2D eigenvalue weighted by atomic mass is 10.4. The molecule has 15 heavy (non-hydrogen) atoms. The molecule has 1 aromatic heterocycles. The van der Waals surface area contributed by atoms with E-state index in [2.05, 4.69) is 27.4 Å². The third-order valence-electron chi connectivity index (χ3n) is 1.82. The molecular formula is C11H8BrFS2. The van der Waals surface area contributed by atoms with Crippen molar-refractivity contribution in [2.24, 2.45) is 0 Å². The van der Waals surface area contributed by atoms with E-state index >= 15 is 0 Å². The van der Waals surface area contributed by atoms with Gasteiger partial charge in [-0.2, -0.15) is 0 Å². The number of hydrogen-bond donors (Lipinski definition) is 0. The highest BCUT2D eigenvalue weighted by Gasteiger charge is 1.99. The number of hydrogen-bond acceptors (Lipinski definition) is 2. The summed E-state index contributed by atoms with van der Waals surface area (Å²) < 4.78 is 13.8. The summed E-state index contributed by atoms with van der Waals surface area (Å²) in [5.41, 5.74) is 0. The first-order valence-electron chi connectivity index (χ1n) is 4.35. The van der Waals surface area contributed by atoms with Gasteiger partial charge in [-0.1, -0.05) is 0 Å². The van der Waals surface area contributed by atoms with E-state index in [9.17, 15) is 4.39 Å². The molecule has 0 fully saturated rings. The van der Waals surface area contributed by atoms with E-state index in [-0.39, 0.29) is 5.82 Å². The Hall–Kier alpha value is -0.320. The van der Waals surface area contributed by atoms with Crippen LogP contribution in [0.15, 0.2) is 45.1 Å². The number of benzene rings is 1. The van der Waals surface area contributed by atoms with Crippen molar-refractivity contribution < 1.29 is 4.39 Å². The van der Waals surface area contributed by atoms with Gasteiger partial charge >= 0.3 is 0 Å². The van der Waals surface area contributed by atoms with Crippen molar-refractivity contribution in [3.63, 3.8) is 0 Å². The summed E-state index contributed by atoms with van der Waals surface area (Å²) in [4.78, 5) is 2.41. The van der Waals surface area contributed by atoms with Crippen molar-refractivity contribution >= 4 is 39.0 Å². The Morgan fingerprint density at radius 2 is 2.00 bits per heavy atom. The maximum atomic E-state index is 12.6. The highest BCUT2D eigenvalue weighted by atomic mass is 79.9. The van der Waals surface area contributed by atoms with Crippen molar-refractivity contribution in [3.05, 3.63) is 50.9 Å². The third-order valence-corrected chi connectivity index (χ3v) is 4.76. The predicted molar refractivity (Wildman–Crippen MR) is 68.0 cm³/mol. The summed E-state index contributed by atoms with van der Waals surface area (Å²) in [5, 5.41) is 2.07. The number of thiophene rings is 1. The number of thioether (sulfide) groups is 1. The molecule has 0 radical (unpaired) electrons. The second-order valence-corrected chi connectivity index (χ2v) is 5.93. The van der Waals surface area contributed by atoms with Crippen LogP contribution in [0.5, 0.6) is 0 Å². The normalized spacial score (nSPS) is 10.5. The largest absolute Gasteiger partial charge is 0.207 e. The highest BCUT2D eigenvalue weighted by Crippen LogP contribution is 2.28. The van der Waals surface area contributed by atoms with Crippen LogP contribution in [0.25, 0.3) is 0 Å². The molecule has 0 aliphatic heterocycles. The van der Waals surface area contributed by atoms with Gasteiger partial charge in [0.15, 0.2) is 0 Å². The van der Waals surface area contributed by atoms with Gasteiger partial charge in [0.2, 0.25) is 0 Å². The lowest BCUT2D eigenvalue weighted by Gasteiger charge is -1.98. The molecule has 0 unspecified atom stereocenters. The minimum atomic E-state index is -0.182. The Balaban J connectivity index is 1.96. The minimum absolute atomic E-state index is 0.182. The van der Waals surface area contributed by atoms with Gasteiger partial charge in [-0.3, -0.25) is 0 Å². The average Bonchev–Trinajstić information content (AvgIpc) is 2.64. The Labute approximate surface area is 105 Å². The van der Waals surface area contributed by atoms with Gasteiger partial charge in [0, 0.05) is 25.4 Å². The fourth-order valence-corrected chi connectivity index (χ4v) is 3.52. The van der Waals surface area contributed by atoms with E-state index in [1.54, 1.807) is 23.1 Å². The molecule has 0 atom stereocenters. The van der Waals surface area contributed by atoms with Crippen LogP contribution in [-0.4, -0.2) is 0 Å². The van der Waals surface area contributed by atoms with Gasteiger partial charge in [-0.15, -0.1) is 23.1 Å². The van der Waals surface area contributed by atoms with Crippen LogP contribution in [0.2, 0.25) is 0 Å². The molecule has 4 heteroatoms. The SMILES string of the molecule is Fc1ccc(SCc2cc(Br)cs2)cc1. The lowest BCUT2D eigenvalue weighted by Crippen LogP contribution is -1.76. The molecule has 2 aromatic rings. The molecule has 0 spiro atoms. The highest BCUT2D eigenvalue weighted by molar-refractivity contribution is 9.10. The third kappa shape index (κ3) is 3.33. The summed E-state index contributed by atoms with van der Waals surface area (Å²) >= 11 is 6.87. The molecule has 0 amide bonds. The van der Waals surface area contributed by atoms with Crippen molar-refractivity contribution in [1.82, 2.24) is 0 Å². The lowest BCUT2D eigenvalue weighted by molar-refractivity contribution is 0.626. The second kappa shape index (κ2) is 5.14. The number of halogens is 2. The van der Waals surface area contributed by atoms with Gasteiger partial charge in [0.05, 0.1) is 0 Å². The summed E-state index contributed by atoms with van der Waals surface area (Å²) in [6.07, 6.45) is 0. The quantitative estimate of drug-likeness (QED) is 0.724. The molecule has 0 N–H and O–H groups in total. The summed E-state index contributed by atoms with van der Waals surface area (Å²) in [7, 11) is 0. The van der Waals surface area contributed by atoms with Crippen molar-refractivity contribution in [3.8, 4) is 0 Å². The van der Waals surface area contributed by atoms with E-state index < -0.39 is 0 Å². The maximum absolute atomic E-state index is 12.6. The van der Waals surface area contributed by atoms with E-state index in [1.165, 1.54) is 17.0 Å². The van der Waals surface area contributed by atoms with Crippen LogP contribution in [0.4, 0.5) is 4.39 Å². The number of rotatable bonds is 3. The fraction of sp³-hybridized carbons (Fsp3) is 0.0909. The zero-order valence-corrected chi connectivity index (χ0v) is 11.0. The van der Waals surface area contributed by atoms with Crippen LogP contribution in [-0.2, 0) is 5.75 Å². The van der Waals surface area contributed by atoms with Crippen LogP contribution in [0.3, 0.4) is 0 Å². The summed E-state index contributed by atoms with van der Waals surface area (Å²) in [6, 6.07) is 8.71. The summed E-state index contributed by atoms with van der Waals surface area (Å²) in [5.74, 6) is 0.750. The monoisotopic (exact) mass is 302 g/mol. The van der Waals surface area contributed by atoms with Crippen LogP contribution in [0.1, 0.15) is 4.88 Å². The average molecular weight is 303 g/mol. The fourth-order valence-electron chi connectivity index (χ4n) is 1.11. The summed E-state index contributed by atoms with van der Waals surface area (Å²) in [6.45, 7) is 0. The first kappa shape index (κ1) is 11.2. The molecule has 78 valence electrons. The van der Waals surface area contributed by atoms with Crippen LogP contribution in [0, 0.1) is 5.82 Å². The molecule has 0 nitrogen and oxygen atoms in total. The minimum Gasteiger partial charge on any atom is -0.207 e.